The fourth-order valence-corrected chi connectivity index (χ4v) is 1.79. The molecule has 0 aliphatic carbocycles. The van der Waals surface area contributed by atoms with Crippen molar-refractivity contribution in [1.82, 2.24) is 0 Å². The van der Waals surface area contributed by atoms with Gasteiger partial charge in [0.05, 0.1) is 22.3 Å². The number of nitrogen functional groups attached to an aromatic ring is 1. The van der Waals surface area contributed by atoms with Crippen LogP contribution in [0.3, 0.4) is 0 Å². The van der Waals surface area contributed by atoms with Crippen LogP contribution in [0.25, 0.3) is 0 Å². The van der Waals surface area contributed by atoms with E-state index < -0.39 is 0 Å². The average Bonchev–Trinajstić information content (AvgIpc) is 2.36. The Bertz CT molecular complexity index is 573. The van der Waals surface area contributed by atoms with E-state index in [-0.39, 0.29) is 6.61 Å². The third-order valence-corrected chi connectivity index (χ3v) is 3.08. The molecule has 0 radical (unpaired) electrons. The predicted molar refractivity (Wildman–Crippen MR) is 73.3 cm³/mol. The summed E-state index contributed by atoms with van der Waals surface area (Å²) in [5.74, 6) is 1.01. The largest absolute Gasteiger partial charge is 0.455 e. The van der Waals surface area contributed by atoms with Crippen molar-refractivity contribution < 1.29 is 9.84 Å². The summed E-state index contributed by atoms with van der Waals surface area (Å²) in [6.07, 6.45) is 0. The summed E-state index contributed by atoms with van der Waals surface area (Å²) in [6.45, 7) is -0.0476. The van der Waals surface area contributed by atoms with Crippen molar-refractivity contribution in [3.05, 3.63) is 52.0 Å². The fourth-order valence-electron chi connectivity index (χ4n) is 1.47. The van der Waals surface area contributed by atoms with Gasteiger partial charge in [0.2, 0.25) is 0 Å². The van der Waals surface area contributed by atoms with Crippen molar-refractivity contribution in [2.24, 2.45) is 0 Å². The quantitative estimate of drug-likeness (QED) is 0.841. The number of hydrogen-bond donors (Lipinski definition) is 2. The summed E-state index contributed by atoms with van der Waals surface area (Å²) in [7, 11) is 0. The number of aliphatic hydroxyl groups is 1. The first-order chi connectivity index (χ1) is 8.60. The van der Waals surface area contributed by atoms with Crippen molar-refractivity contribution in [3.8, 4) is 11.5 Å². The van der Waals surface area contributed by atoms with Gasteiger partial charge < -0.3 is 15.6 Å². The number of anilines is 1. The summed E-state index contributed by atoms with van der Waals surface area (Å²) < 4.78 is 5.61. The summed E-state index contributed by atoms with van der Waals surface area (Å²) in [4.78, 5) is 0. The first-order valence-electron chi connectivity index (χ1n) is 5.22. The molecule has 2 rings (SSSR count). The second-order valence-corrected chi connectivity index (χ2v) is 4.53. The molecule has 0 unspecified atom stereocenters. The van der Waals surface area contributed by atoms with Gasteiger partial charge in [-0.05, 0) is 23.8 Å². The lowest BCUT2D eigenvalue weighted by atomic mass is 10.2. The van der Waals surface area contributed by atoms with Crippen molar-refractivity contribution in [2.75, 3.05) is 5.73 Å². The molecule has 94 valence electrons. The first-order valence-corrected chi connectivity index (χ1v) is 5.98. The van der Waals surface area contributed by atoms with Gasteiger partial charge in [0.25, 0.3) is 0 Å². The zero-order valence-electron chi connectivity index (χ0n) is 9.36. The number of aliphatic hydroxyl groups excluding tert-OH is 1. The Morgan fingerprint density at radius 1 is 1.11 bits per heavy atom. The molecule has 0 atom stereocenters. The van der Waals surface area contributed by atoms with Crippen LogP contribution in [0.4, 0.5) is 5.69 Å². The smallest absolute Gasteiger partial charge is 0.151 e. The molecule has 2 aromatic carbocycles. The van der Waals surface area contributed by atoms with E-state index in [0.29, 0.717) is 27.2 Å². The molecule has 5 heteroatoms. The predicted octanol–water partition coefficient (Wildman–Crippen LogP) is 3.86. The van der Waals surface area contributed by atoms with Gasteiger partial charge in [-0.15, -0.1) is 0 Å². The van der Waals surface area contributed by atoms with Crippen LogP contribution in [-0.4, -0.2) is 5.11 Å². The fraction of sp³-hybridized carbons (Fsp3) is 0.0769. The number of benzene rings is 2. The van der Waals surface area contributed by atoms with Gasteiger partial charge in [-0.25, -0.2) is 0 Å². The highest BCUT2D eigenvalue weighted by molar-refractivity contribution is 6.42. The number of ether oxygens (including phenoxy) is 1. The molecule has 0 saturated heterocycles. The van der Waals surface area contributed by atoms with Gasteiger partial charge in [-0.1, -0.05) is 35.3 Å². The maximum Gasteiger partial charge on any atom is 0.151 e. The standard InChI is InChI=1S/C13H11Cl2NO2/c14-10-5-12(16)13(6-11(10)15)18-9-3-1-2-8(4-9)7-17/h1-6,17H,7,16H2. The lowest BCUT2D eigenvalue weighted by Crippen LogP contribution is -1.93. The number of hydrogen-bond acceptors (Lipinski definition) is 3. The summed E-state index contributed by atoms with van der Waals surface area (Å²) in [5.41, 5.74) is 6.95. The van der Waals surface area contributed by atoms with E-state index in [1.165, 1.54) is 6.07 Å². The van der Waals surface area contributed by atoms with E-state index in [0.717, 1.165) is 5.56 Å². The number of nitrogens with two attached hydrogens (primary N) is 1. The molecule has 0 aliphatic heterocycles. The van der Waals surface area contributed by atoms with E-state index >= 15 is 0 Å². The van der Waals surface area contributed by atoms with Crippen LogP contribution in [0.5, 0.6) is 11.5 Å². The van der Waals surface area contributed by atoms with E-state index in [4.69, 9.17) is 38.8 Å². The second kappa shape index (κ2) is 5.48. The molecule has 3 nitrogen and oxygen atoms in total. The van der Waals surface area contributed by atoms with Crippen LogP contribution in [0.1, 0.15) is 5.56 Å². The Kier molecular flexibility index (Phi) is 3.97. The molecule has 0 aliphatic rings. The molecule has 0 saturated carbocycles. The van der Waals surface area contributed by atoms with Crippen LogP contribution in [0, 0.1) is 0 Å². The van der Waals surface area contributed by atoms with E-state index in [1.807, 2.05) is 0 Å². The minimum Gasteiger partial charge on any atom is -0.455 e. The summed E-state index contributed by atoms with van der Waals surface area (Å²) in [5, 5.41) is 9.80. The third-order valence-electron chi connectivity index (χ3n) is 2.36. The van der Waals surface area contributed by atoms with Crippen molar-refractivity contribution in [2.45, 2.75) is 6.61 Å². The Morgan fingerprint density at radius 3 is 2.56 bits per heavy atom. The molecule has 0 fully saturated rings. The maximum absolute atomic E-state index is 9.04. The SMILES string of the molecule is Nc1cc(Cl)c(Cl)cc1Oc1cccc(CO)c1. The van der Waals surface area contributed by atoms with Gasteiger partial charge in [-0.2, -0.15) is 0 Å². The van der Waals surface area contributed by atoms with Crippen LogP contribution in [-0.2, 0) is 6.61 Å². The van der Waals surface area contributed by atoms with Gasteiger partial charge >= 0.3 is 0 Å². The van der Waals surface area contributed by atoms with Gasteiger partial charge in [0, 0.05) is 6.07 Å². The zero-order valence-corrected chi connectivity index (χ0v) is 10.9. The highest BCUT2D eigenvalue weighted by atomic mass is 35.5. The molecular formula is C13H11Cl2NO2. The van der Waals surface area contributed by atoms with E-state index in [9.17, 15) is 0 Å². The van der Waals surface area contributed by atoms with Gasteiger partial charge in [-0.3, -0.25) is 0 Å². The normalized spacial score (nSPS) is 10.4. The summed E-state index contributed by atoms with van der Waals surface area (Å²) in [6, 6.07) is 10.2. The topological polar surface area (TPSA) is 55.5 Å². The molecule has 0 heterocycles. The number of rotatable bonds is 3. The molecule has 2 aromatic rings. The van der Waals surface area contributed by atoms with Crippen LogP contribution in [0.15, 0.2) is 36.4 Å². The maximum atomic E-state index is 9.04. The van der Waals surface area contributed by atoms with E-state index in [2.05, 4.69) is 0 Å². The van der Waals surface area contributed by atoms with Crippen LogP contribution >= 0.6 is 23.2 Å². The molecule has 0 aromatic heterocycles. The van der Waals surface area contributed by atoms with Crippen LogP contribution < -0.4 is 10.5 Å². The lowest BCUT2D eigenvalue weighted by molar-refractivity contribution is 0.281. The highest BCUT2D eigenvalue weighted by Crippen LogP contribution is 2.35. The molecular weight excluding hydrogens is 273 g/mol. The molecule has 0 spiro atoms. The van der Waals surface area contributed by atoms with Gasteiger partial charge in [0.1, 0.15) is 5.75 Å². The minimum absolute atomic E-state index is 0.0476. The second-order valence-electron chi connectivity index (χ2n) is 3.71. The Labute approximate surface area is 115 Å². The monoisotopic (exact) mass is 283 g/mol. The minimum atomic E-state index is -0.0476. The lowest BCUT2D eigenvalue weighted by Gasteiger charge is -2.10. The van der Waals surface area contributed by atoms with Gasteiger partial charge in [0.15, 0.2) is 5.75 Å². The van der Waals surface area contributed by atoms with Crippen molar-refractivity contribution >= 4 is 28.9 Å². The zero-order chi connectivity index (χ0) is 13.1. The van der Waals surface area contributed by atoms with Crippen LogP contribution in [0.2, 0.25) is 10.0 Å². The molecule has 3 N–H and O–H groups in total. The Morgan fingerprint density at radius 2 is 1.83 bits per heavy atom. The molecule has 0 bridgehead atoms. The first kappa shape index (κ1) is 13.0. The van der Waals surface area contributed by atoms with Crippen molar-refractivity contribution in [1.29, 1.82) is 0 Å². The third kappa shape index (κ3) is 2.88. The Balaban J connectivity index is 2.30. The van der Waals surface area contributed by atoms with Crippen molar-refractivity contribution in [3.63, 3.8) is 0 Å². The Hall–Kier alpha value is -1.42. The molecule has 0 amide bonds. The average molecular weight is 284 g/mol. The highest BCUT2D eigenvalue weighted by Gasteiger charge is 2.07. The molecule has 18 heavy (non-hydrogen) atoms. The van der Waals surface area contributed by atoms with E-state index in [1.54, 1.807) is 30.3 Å². The summed E-state index contributed by atoms with van der Waals surface area (Å²) >= 11 is 11.7. The number of halogens is 2.